The molecule has 1 atom stereocenters. The first-order valence-corrected chi connectivity index (χ1v) is 6.34. The highest BCUT2D eigenvalue weighted by Gasteiger charge is 2.14. The molecular weight excluding hydrogens is 258 g/mol. The van der Waals surface area contributed by atoms with Gasteiger partial charge in [-0.25, -0.2) is 0 Å². The van der Waals surface area contributed by atoms with E-state index in [0.717, 1.165) is 11.8 Å². The summed E-state index contributed by atoms with van der Waals surface area (Å²) in [6.45, 7) is 1.56. The van der Waals surface area contributed by atoms with Gasteiger partial charge in [0.15, 0.2) is 5.76 Å². The standard InChI is InChI=1S/C11H13NO5S/c1-7(11(15)16)5-18-6-9(13)12-10(14)8-3-2-4-17-8/h2-4,7H,5-6H2,1H3,(H,15,16)(H,12,13,14). The van der Waals surface area contributed by atoms with Gasteiger partial charge in [0.05, 0.1) is 17.9 Å². The molecule has 0 saturated carbocycles. The second kappa shape index (κ2) is 6.85. The third-order valence-electron chi connectivity index (χ3n) is 2.02. The van der Waals surface area contributed by atoms with Crippen LogP contribution in [0.5, 0.6) is 0 Å². The summed E-state index contributed by atoms with van der Waals surface area (Å²) in [5.41, 5.74) is 0. The van der Waals surface area contributed by atoms with Crippen LogP contribution in [0.15, 0.2) is 22.8 Å². The van der Waals surface area contributed by atoms with Crippen molar-refractivity contribution in [3.05, 3.63) is 24.2 Å². The first-order valence-electron chi connectivity index (χ1n) is 5.19. The number of rotatable bonds is 6. The molecule has 2 N–H and O–H groups in total. The number of nitrogens with one attached hydrogen (secondary N) is 1. The van der Waals surface area contributed by atoms with Crippen LogP contribution >= 0.6 is 11.8 Å². The fourth-order valence-corrected chi connectivity index (χ4v) is 1.90. The molecule has 0 radical (unpaired) electrons. The van der Waals surface area contributed by atoms with Crippen molar-refractivity contribution in [1.29, 1.82) is 0 Å². The highest BCUT2D eigenvalue weighted by Crippen LogP contribution is 2.08. The first kappa shape index (κ1) is 14.3. The zero-order valence-corrected chi connectivity index (χ0v) is 10.5. The monoisotopic (exact) mass is 271 g/mol. The Labute approximate surface area is 108 Å². The molecule has 0 fully saturated rings. The Kier molecular flexibility index (Phi) is 5.44. The van der Waals surface area contributed by atoms with Gasteiger partial charge in [0.1, 0.15) is 0 Å². The molecule has 1 heterocycles. The van der Waals surface area contributed by atoms with E-state index in [0.29, 0.717) is 5.75 Å². The summed E-state index contributed by atoms with van der Waals surface area (Å²) in [7, 11) is 0. The zero-order chi connectivity index (χ0) is 13.5. The molecule has 18 heavy (non-hydrogen) atoms. The Morgan fingerprint density at radius 2 is 2.22 bits per heavy atom. The summed E-state index contributed by atoms with van der Waals surface area (Å²) >= 11 is 1.16. The molecule has 0 saturated heterocycles. The predicted octanol–water partition coefficient (Wildman–Crippen LogP) is 0.990. The topological polar surface area (TPSA) is 96.6 Å². The maximum atomic E-state index is 11.4. The maximum absolute atomic E-state index is 11.4. The maximum Gasteiger partial charge on any atom is 0.307 e. The van der Waals surface area contributed by atoms with Gasteiger partial charge in [-0.15, -0.1) is 0 Å². The number of carboxylic acid groups (broad SMARTS) is 1. The minimum absolute atomic E-state index is 0.0318. The lowest BCUT2D eigenvalue weighted by Gasteiger charge is -2.05. The molecule has 6 nitrogen and oxygen atoms in total. The van der Waals surface area contributed by atoms with E-state index in [2.05, 4.69) is 5.32 Å². The van der Waals surface area contributed by atoms with Crippen molar-refractivity contribution in [3.8, 4) is 0 Å². The van der Waals surface area contributed by atoms with Gasteiger partial charge in [-0.05, 0) is 12.1 Å². The number of carbonyl (C=O) groups excluding carboxylic acids is 2. The molecule has 0 aromatic carbocycles. The number of hydrogen-bond acceptors (Lipinski definition) is 5. The van der Waals surface area contributed by atoms with Gasteiger partial charge in [-0.2, -0.15) is 11.8 Å². The van der Waals surface area contributed by atoms with Crippen LogP contribution in [0, 0.1) is 5.92 Å². The summed E-state index contributed by atoms with van der Waals surface area (Å²) < 4.78 is 4.82. The van der Waals surface area contributed by atoms with E-state index in [9.17, 15) is 14.4 Å². The van der Waals surface area contributed by atoms with Crippen LogP contribution in [-0.4, -0.2) is 34.4 Å². The van der Waals surface area contributed by atoms with Gasteiger partial charge >= 0.3 is 5.97 Å². The highest BCUT2D eigenvalue weighted by molar-refractivity contribution is 7.99. The van der Waals surface area contributed by atoms with Crippen molar-refractivity contribution in [1.82, 2.24) is 5.32 Å². The summed E-state index contributed by atoms with van der Waals surface area (Å²) in [5.74, 6) is -2.09. The molecule has 7 heteroatoms. The van der Waals surface area contributed by atoms with Gasteiger partial charge in [0.2, 0.25) is 5.91 Å². The summed E-state index contributed by atoms with van der Waals surface area (Å²) in [6, 6.07) is 2.99. The van der Waals surface area contributed by atoms with Gasteiger partial charge < -0.3 is 9.52 Å². The molecule has 0 spiro atoms. The largest absolute Gasteiger partial charge is 0.481 e. The second-order valence-corrected chi connectivity index (χ2v) is 4.64. The SMILES string of the molecule is CC(CSCC(=O)NC(=O)c1ccco1)C(=O)O. The smallest absolute Gasteiger partial charge is 0.307 e. The van der Waals surface area contributed by atoms with Gasteiger partial charge in [0.25, 0.3) is 5.91 Å². The molecule has 0 aliphatic heterocycles. The molecule has 98 valence electrons. The summed E-state index contributed by atoms with van der Waals surface area (Å²) in [5, 5.41) is 10.8. The van der Waals surface area contributed by atoms with Crippen LogP contribution < -0.4 is 5.32 Å². The van der Waals surface area contributed by atoms with E-state index in [1.807, 2.05) is 0 Å². The summed E-state index contributed by atoms with van der Waals surface area (Å²) in [6.07, 6.45) is 1.34. The predicted molar refractivity (Wildman–Crippen MR) is 65.3 cm³/mol. The Morgan fingerprint density at radius 3 is 2.78 bits per heavy atom. The van der Waals surface area contributed by atoms with Crippen molar-refractivity contribution in [2.24, 2.45) is 5.92 Å². The number of carboxylic acids is 1. The number of aliphatic carboxylic acids is 1. The normalized spacial score (nSPS) is 11.8. The van der Waals surface area contributed by atoms with E-state index < -0.39 is 23.7 Å². The van der Waals surface area contributed by atoms with Crippen LogP contribution in [0.2, 0.25) is 0 Å². The minimum atomic E-state index is -0.908. The fraction of sp³-hybridized carbons (Fsp3) is 0.364. The minimum Gasteiger partial charge on any atom is -0.481 e. The lowest BCUT2D eigenvalue weighted by molar-refractivity contribution is -0.140. The van der Waals surface area contributed by atoms with Gasteiger partial charge in [-0.3, -0.25) is 19.7 Å². The van der Waals surface area contributed by atoms with Crippen LogP contribution in [0.4, 0.5) is 0 Å². The second-order valence-electron chi connectivity index (χ2n) is 3.61. The number of furan rings is 1. The summed E-state index contributed by atoms with van der Waals surface area (Å²) in [4.78, 5) is 33.3. The average Bonchev–Trinajstić information content (AvgIpc) is 2.81. The Hall–Kier alpha value is -1.76. The molecule has 0 bridgehead atoms. The molecular formula is C11H13NO5S. The lowest BCUT2D eigenvalue weighted by atomic mass is 10.2. The number of thioether (sulfide) groups is 1. The van der Waals surface area contributed by atoms with Gasteiger partial charge in [-0.1, -0.05) is 6.92 Å². The highest BCUT2D eigenvalue weighted by atomic mass is 32.2. The van der Waals surface area contributed by atoms with Crippen LogP contribution in [0.3, 0.4) is 0 Å². The third-order valence-corrected chi connectivity index (χ3v) is 3.22. The van der Waals surface area contributed by atoms with E-state index in [1.54, 1.807) is 13.0 Å². The Balaban J connectivity index is 2.26. The molecule has 0 aliphatic rings. The number of imide groups is 1. The lowest BCUT2D eigenvalue weighted by Crippen LogP contribution is -2.31. The third kappa shape index (κ3) is 4.62. The quantitative estimate of drug-likeness (QED) is 0.801. The van der Waals surface area contributed by atoms with E-state index >= 15 is 0 Å². The van der Waals surface area contributed by atoms with Crippen molar-refractivity contribution in [2.75, 3.05) is 11.5 Å². The fourth-order valence-electron chi connectivity index (χ4n) is 1.03. The molecule has 1 rings (SSSR count). The number of carbonyl (C=O) groups is 3. The van der Waals surface area contributed by atoms with Gasteiger partial charge in [0, 0.05) is 5.75 Å². The van der Waals surface area contributed by atoms with Crippen LogP contribution in [-0.2, 0) is 9.59 Å². The van der Waals surface area contributed by atoms with Crippen molar-refractivity contribution >= 4 is 29.5 Å². The van der Waals surface area contributed by atoms with Crippen LogP contribution in [0.25, 0.3) is 0 Å². The molecule has 2 amide bonds. The van der Waals surface area contributed by atoms with Crippen molar-refractivity contribution < 1.29 is 23.9 Å². The van der Waals surface area contributed by atoms with Crippen molar-refractivity contribution in [2.45, 2.75) is 6.92 Å². The average molecular weight is 271 g/mol. The number of amides is 2. The molecule has 1 aromatic rings. The van der Waals surface area contributed by atoms with E-state index in [4.69, 9.17) is 9.52 Å². The van der Waals surface area contributed by atoms with Crippen LogP contribution in [0.1, 0.15) is 17.5 Å². The molecule has 0 aliphatic carbocycles. The van der Waals surface area contributed by atoms with E-state index in [1.165, 1.54) is 12.3 Å². The first-order chi connectivity index (χ1) is 8.50. The number of hydrogen-bond donors (Lipinski definition) is 2. The van der Waals surface area contributed by atoms with Crippen molar-refractivity contribution in [3.63, 3.8) is 0 Å². The molecule has 1 aromatic heterocycles. The van der Waals surface area contributed by atoms with E-state index in [-0.39, 0.29) is 11.5 Å². The zero-order valence-electron chi connectivity index (χ0n) is 9.71. The Bertz CT molecular complexity index is 429. The molecule has 1 unspecified atom stereocenters. The Morgan fingerprint density at radius 1 is 1.50 bits per heavy atom.